The van der Waals surface area contributed by atoms with Gasteiger partial charge in [0.15, 0.2) is 6.10 Å². The summed E-state index contributed by atoms with van der Waals surface area (Å²) in [6.07, 6.45) is -8.48. The van der Waals surface area contributed by atoms with Crippen molar-refractivity contribution in [3.05, 3.63) is 23.8 Å². The van der Waals surface area contributed by atoms with Crippen LogP contribution in [-0.2, 0) is 16.1 Å². The quantitative estimate of drug-likeness (QED) is 0.346. The number of hydrogen-bond acceptors (Lipinski definition) is 8. The van der Waals surface area contributed by atoms with Crippen molar-refractivity contribution in [2.24, 2.45) is 0 Å². The fourth-order valence-corrected chi connectivity index (χ4v) is 2.08. The number of carboxylic acids is 1. The van der Waals surface area contributed by atoms with Crippen LogP contribution in [0.5, 0.6) is 5.75 Å². The molecule has 1 saturated heterocycles. The van der Waals surface area contributed by atoms with Gasteiger partial charge in [0.05, 0.1) is 12.3 Å². The number of nitrogen functional groups attached to an aromatic ring is 1. The number of nitrogens with two attached hydrogens (primary N) is 1. The Bertz CT molecular complexity index is 551. The summed E-state index contributed by atoms with van der Waals surface area (Å²) in [5.74, 6) is -1.43. The lowest BCUT2D eigenvalue weighted by molar-refractivity contribution is -0.271. The Morgan fingerprint density at radius 3 is 2.45 bits per heavy atom. The van der Waals surface area contributed by atoms with Gasteiger partial charge < -0.3 is 40.7 Å². The van der Waals surface area contributed by atoms with Crippen LogP contribution < -0.4 is 10.5 Å². The molecule has 0 aliphatic carbocycles. The van der Waals surface area contributed by atoms with Crippen LogP contribution in [0.2, 0.25) is 0 Å². The number of carbonyl (C=O) groups is 1. The number of aliphatic hydroxyl groups is 4. The van der Waals surface area contributed by atoms with Crippen molar-refractivity contribution in [3.63, 3.8) is 0 Å². The normalized spacial score (nSPS) is 31.7. The van der Waals surface area contributed by atoms with Crippen molar-refractivity contribution < 1.29 is 39.8 Å². The van der Waals surface area contributed by atoms with Crippen molar-refractivity contribution in [3.8, 4) is 5.75 Å². The van der Waals surface area contributed by atoms with E-state index >= 15 is 0 Å². The van der Waals surface area contributed by atoms with E-state index in [2.05, 4.69) is 0 Å². The lowest BCUT2D eigenvalue weighted by atomic mass is 9.99. The van der Waals surface area contributed by atoms with Crippen LogP contribution in [0.15, 0.2) is 18.2 Å². The topological polar surface area (TPSA) is 163 Å². The number of anilines is 1. The van der Waals surface area contributed by atoms with Crippen LogP contribution in [0.4, 0.5) is 5.69 Å². The van der Waals surface area contributed by atoms with Crippen LogP contribution in [0.1, 0.15) is 5.56 Å². The molecule has 9 nitrogen and oxygen atoms in total. The zero-order chi connectivity index (χ0) is 16.4. The molecule has 2 rings (SSSR count). The van der Waals surface area contributed by atoms with E-state index in [1.54, 1.807) is 0 Å². The molecule has 22 heavy (non-hydrogen) atoms. The van der Waals surface area contributed by atoms with Crippen molar-refractivity contribution in [2.45, 2.75) is 37.3 Å². The number of rotatable bonds is 4. The zero-order valence-corrected chi connectivity index (χ0v) is 11.4. The average molecular weight is 315 g/mol. The monoisotopic (exact) mass is 315 g/mol. The second-order valence-electron chi connectivity index (χ2n) is 4.88. The van der Waals surface area contributed by atoms with Gasteiger partial charge in [-0.3, -0.25) is 0 Å². The molecule has 9 heteroatoms. The first-order chi connectivity index (χ1) is 10.3. The van der Waals surface area contributed by atoms with E-state index in [0.29, 0.717) is 5.56 Å². The first-order valence-electron chi connectivity index (χ1n) is 6.43. The Kier molecular flexibility index (Phi) is 4.84. The molecule has 1 aliphatic rings. The number of benzene rings is 1. The predicted octanol–water partition coefficient (Wildman–Crippen LogP) is -1.97. The van der Waals surface area contributed by atoms with Crippen molar-refractivity contribution in [1.29, 1.82) is 0 Å². The van der Waals surface area contributed by atoms with Gasteiger partial charge in [0.1, 0.15) is 24.1 Å². The molecule has 0 saturated carbocycles. The molecule has 1 aliphatic heterocycles. The Balaban J connectivity index is 2.19. The fourth-order valence-electron chi connectivity index (χ4n) is 2.08. The smallest absolute Gasteiger partial charge is 0.335 e. The van der Waals surface area contributed by atoms with Gasteiger partial charge in [-0.05, 0) is 17.7 Å². The summed E-state index contributed by atoms with van der Waals surface area (Å²) >= 11 is 0. The maximum Gasteiger partial charge on any atom is 0.335 e. The standard InChI is InChI=1S/C13H17NO8/c14-6-3-5(4-15)1-2-7(6)21-13-10(18)8(16)9(17)11(22-13)12(19)20/h1-3,8-11,13,15-18H,4,14H2,(H,19,20)/t8-,9-,10+,11-,13+/m0/s1. The van der Waals surface area contributed by atoms with Gasteiger partial charge in [-0.15, -0.1) is 0 Å². The average Bonchev–Trinajstić information content (AvgIpc) is 2.49. The van der Waals surface area contributed by atoms with Crippen LogP contribution in [0, 0.1) is 0 Å². The van der Waals surface area contributed by atoms with E-state index in [1.165, 1.54) is 18.2 Å². The SMILES string of the molecule is Nc1cc(CO)ccc1O[C@@H]1O[C@H](C(=O)O)[C@@H](O)[C@H](O)[C@H]1O. The highest BCUT2D eigenvalue weighted by molar-refractivity contribution is 5.73. The van der Waals surface area contributed by atoms with Crippen molar-refractivity contribution >= 4 is 11.7 Å². The number of ether oxygens (including phenoxy) is 2. The van der Waals surface area contributed by atoms with E-state index in [-0.39, 0.29) is 18.0 Å². The molecule has 122 valence electrons. The molecule has 5 atom stereocenters. The summed E-state index contributed by atoms with van der Waals surface area (Å²) in [4.78, 5) is 11.0. The fraction of sp³-hybridized carbons (Fsp3) is 0.462. The minimum atomic E-state index is -1.79. The highest BCUT2D eigenvalue weighted by Crippen LogP contribution is 2.28. The minimum absolute atomic E-state index is 0.0778. The molecular weight excluding hydrogens is 298 g/mol. The molecule has 1 aromatic carbocycles. The maximum atomic E-state index is 11.0. The van der Waals surface area contributed by atoms with Gasteiger partial charge in [0.2, 0.25) is 6.29 Å². The Hall–Kier alpha value is -1.91. The molecule has 1 fully saturated rings. The van der Waals surface area contributed by atoms with Crippen molar-refractivity contribution in [2.75, 3.05) is 5.73 Å². The van der Waals surface area contributed by atoms with Gasteiger partial charge in [-0.2, -0.15) is 0 Å². The Morgan fingerprint density at radius 2 is 1.91 bits per heavy atom. The number of aliphatic carboxylic acids is 1. The summed E-state index contributed by atoms with van der Waals surface area (Å²) in [6, 6.07) is 4.36. The summed E-state index contributed by atoms with van der Waals surface area (Å²) in [5, 5.41) is 47.0. The lowest BCUT2D eigenvalue weighted by Crippen LogP contribution is -2.61. The summed E-state index contributed by atoms with van der Waals surface area (Å²) in [5.41, 5.74) is 6.38. The summed E-state index contributed by atoms with van der Waals surface area (Å²) < 4.78 is 10.3. The largest absolute Gasteiger partial charge is 0.479 e. The highest BCUT2D eigenvalue weighted by atomic mass is 16.7. The molecule has 0 radical (unpaired) electrons. The molecule has 0 amide bonds. The van der Waals surface area contributed by atoms with E-state index in [4.69, 9.17) is 25.4 Å². The van der Waals surface area contributed by atoms with Gasteiger partial charge in [-0.1, -0.05) is 6.07 Å². The van der Waals surface area contributed by atoms with Crippen LogP contribution in [0.25, 0.3) is 0 Å². The van der Waals surface area contributed by atoms with Crippen molar-refractivity contribution in [1.82, 2.24) is 0 Å². The maximum absolute atomic E-state index is 11.0. The highest BCUT2D eigenvalue weighted by Gasteiger charge is 2.48. The number of hydrogen-bond donors (Lipinski definition) is 6. The third-order valence-corrected chi connectivity index (χ3v) is 3.31. The van der Waals surface area contributed by atoms with E-state index in [9.17, 15) is 20.1 Å². The summed E-state index contributed by atoms with van der Waals surface area (Å²) in [7, 11) is 0. The molecule has 0 bridgehead atoms. The molecule has 0 spiro atoms. The number of carboxylic acid groups (broad SMARTS) is 1. The second kappa shape index (κ2) is 6.46. The first-order valence-corrected chi connectivity index (χ1v) is 6.43. The Labute approximate surface area is 125 Å². The second-order valence-corrected chi connectivity index (χ2v) is 4.88. The minimum Gasteiger partial charge on any atom is -0.479 e. The van der Waals surface area contributed by atoms with E-state index < -0.39 is 36.7 Å². The lowest BCUT2D eigenvalue weighted by Gasteiger charge is -2.38. The third-order valence-electron chi connectivity index (χ3n) is 3.31. The van der Waals surface area contributed by atoms with Gasteiger partial charge >= 0.3 is 5.97 Å². The first kappa shape index (κ1) is 16.5. The van der Waals surface area contributed by atoms with Gasteiger partial charge in [-0.25, -0.2) is 4.79 Å². The van der Waals surface area contributed by atoms with Gasteiger partial charge in [0.25, 0.3) is 0 Å². The predicted molar refractivity (Wildman–Crippen MR) is 71.7 cm³/mol. The number of aliphatic hydroxyl groups excluding tert-OH is 4. The molecular formula is C13H17NO8. The molecule has 0 unspecified atom stereocenters. The molecule has 1 aromatic rings. The van der Waals surface area contributed by atoms with Crippen LogP contribution in [-0.4, -0.2) is 62.2 Å². The van der Waals surface area contributed by atoms with Crippen LogP contribution in [0.3, 0.4) is 0 Å². The zero-order valence-electron chi connectivity index (χ0n) is 11.4. The van der Waals surface area contributed by atoms with E-state index in [0.717, 1.165) is 0 Å². The molecule has 1 heterocycles. The molecule has 7 N–H and O–H groups in total. The van der Waals surface area contributed by atoms with E-state index in [1.807, 2.05) is 0 Å². The van der Waals surface area contributed by atoms with Crippen LogP contribution >= 0.6 is 0 Å². The van der Waals surface area contributed by atoms with Gasteiger partial charge in [0, 0.05) is 0 Å². The molecule has 0 aromatic heterocycles. The Morgan fingerprint density at radius 1 is 1.23 bits per heavy atom. The third kappa shape index (κ3) is 3.13. The summed E-state index contributed by atoms with van der Waals surface area (Å²) in [6.45, 7) is -0.223.